The molecule has 2 N–H and O–H groups in total. The Bertz CT molecular complexity index is 421. The van der Waals surface area contributed by atoms with E-state index in [4.69, 9.17) is 5.73 Å². The van der Waals surface area contributed by atoms with Crippen molar-refractivity contribution in [2.75, 3.05) is 0 Å². The minimum Gasteiger partial charge on any atom is -0.369 e. The zero-order valence-electron chi connectivity index (χ0n) is 11.8. The molecule has 106 valence electrons. The molecule has 0 unspecified atom stereocenters. The van der Waals surface area contributed by atoms with Gasteiger partial charge in [0.25, 0.3) is 0 Å². The molecule has 1 aromatic rings. The number of carbonyl (C=O) groups excluding carboxylic acids is 1. The molecule has 2 rings (SSSR count). The summed E-state index contributed by atoms with van der Waals surface area (Å²) in [6.45, 7) is 4.24. The first-order chi connectivity index (χ1) is 8.56. The van der Waals surface area contributed by atoms with Gasteiger partial charge >= 0.3 is 0 Å². The van der Waals surface area contributed by atoms with E-state index in [2.05, 4.69) is 38.1 Å². The van der Waals surface area contributed by atoms with Crippen molar-refractivity contribution in [1.29, 1.82) is 0 Å². The van der Waals surface area contributed by atoms with Crippen LogP contribution in [-0.2, 0) is 4.79 Å². The topological polar surface area (TPSA) is 43.1 Å². The summed E-state index contributed by atoms with van der Waals surface area (Å²) < 4.78 is 0. The van der Waals surface area contributed by atoms with E-state index in [1.807, 2.05) is 0 Å². The summed E-state index contributed by atoms with van der Waals surface area (Å²) in [6, 6.07) is 8.51. The van der Waals surface area contributed by atoms with Gasteiger partial charge in [-0.05, 0) is 31.2 Å². The van der Waals surface area contributed by atoms with Gasteiger partial charge in [-0.1, -0.05) is 56.0 Å². The number of hydrogen-bond acceptors (Lipinski definition) is 1. The number of carbonyl (C=O) groups is 1. The third-order valence-corrected chi connectivity index (χ3v) is 4.64. The van der Waals surface area contributed by atoms with Crippen LogP contribution in [0.15, 0.2) is 24.3 Å². The zero-order valence-corrected chi connectivity index (χ0v) is 12.6. The molecule has 0 spiro atoms. The van der Waals surface area contributed by atoms with E-state index in [0.29, 0.717) is 0 Å². The molecule has 2 nitrogen and oxygen atoms in total. The average molecular weight is 282 g/mol. The smallest absolute Gasteiger partial charge is 0.224 e. The lowest BCUT2D eigenvalue weighted by atomic mass is 9.64. The van der Waals surface area contributed by atoms with Crippen molar-refractivity contribution in [2.24, 2.45) is 11.1 Å². The van der Waals surface area contributed by atoms with E-state index >= 15 is 0 Å². The van der Waals surface area contributed by atoms with Crippen molar-refractivity contribution in [1.82, 2.24) is 0 Å². The maximum Gasteiger partial charge on any atom is 0.224 e. The summed E-state index contributed by atoms with van der Waals surface area (Å²) in [7, 11) is 0. The van der Waals surface area contributed by atoms with Crippen LogP contribution in [0.5, 0.6) is 0 Å². The quantitative estimate of drug-likeness (QED) is 0.895. The number of halogens is 1. The Labute approximate surface area is 122 Å². The Balaban J connectivity index is 0.00000180. The van der Waals surface area contributed by atoms with Gasteiger partial charge in [0.15, 0.2) is 0 Å². The van der Waals surface area contributed by atoms with E-state index in [9.17, 15) is 4.79 Å². The Morgan fingerprint density at radius 1 is 1.16 bits per heavy atom. The lowest BCUT2D eigenvalue weighted by Gasteiger charge is -2.39. The van der Waals surface area contributed by atoms with Crippen LogP contribution in [0.25, 0.3) is 0 Å². The minimum atomic E-state index is -0.326. The number of nitrogens with two attached hydrogens (primary N) is 1. The Hall–Kier alpha value is -1.02. The van der Waals surface area contributed by atoms with E-state index in [0.717, 1.165) is 25.7 Å². The van der Waals surface area contributed by atoms with Crippen LogP contribution in [0.4, 0.5) is 0 Å². The van der Waals surface area contributed by atoms with Crippen LogP contribution in [0, 0.1) is 12.3 Å². The van der Waals surface area contributed by atoms with Crippen LogP contribution < -0.4 is 5.73 Å². The molecule has 1 aliphatic carbocycles. The van der Waals surface area contributed by atoms with E-state index in [1.165, 1.54) is 17.5 Å². The molecule has 1 aromatic carbocycles. The van der Waals surface area contributed by atoms with Crippen LogP contribution in [0.1, 0.15) is 56.1 Å². The van der Waals surface area contributed by atoms with Gasteiger partial charge < -0.3 is 5.73 Å². The van der Waals surface area contributed by atoms with Crippen molar-refractivity contribution in [2.45, 2.75) is 51.9 Å². The van der Waals surface area contributed by atoms with E-state index in [1.54, 1.807) is 0 Å². The second-order valence-electron chi connectivity index (χ2n) is 5.71. The van der Waals surface area contributed by atoms with E-state index in [-0.39, 0.29) is 29.6 Å². The first-order valence-electron chi connectivity index (χ1n) is 6.93. The largest absolute Gasteiger partial charge is 0.369 e. The lowest BCUT2D eigenvalue weighted by molar-refractivity contribution is -0.130. The molecule has 1 saturated carbocycles. The zero-order chi connectivity index (χ0) is 13.2. The number of benzene rings is 1. The summed E-state index contributed by atoms with van der Waals surface area (Å²) in [5.41, 5.74) is 7.90. The first-order valence-corrected chi connectivity index (χ1v) is 6.93. The summed E-state index contributed by atoms with van der Waals surface area (Å²) in [6.07, 6.45) is 5.36. The standard InChI is InChI=1S/C16H23NO.ClH/c1-12-6-8-14(9-7-12)13(2)16(15(17)18)10-4-3-5-11-16;/h6-9,13H,3-5,10-11H2,1-2H3,(H2,17,18);1H/t13-;/m0./s1. The number of primary amides is 1. The normalized spacial score (nSPS) is 19.3. The first kappa shape index (κ1) is 16.0. The van der Waals surface area contributed by atoms with Gasteiger partial charge in [-0.3, -0.25) is 4.79 Å². The fourth-order valence-electron chi connectivity index (χ4n) is 3.25. The minimum absolute atomic E-state index is 0. The maximum absolute atomic E-state index is 12.0. The number of rotatable bonds is 3. The molecule has 1 atom stereocenters. The third-order valence-electron chi connectivity index (χ3n) is 4.64. The molecule has 1 fully saturated rings. The van der Waals surface area contributed by atoms with Crippen LogP contribution >= 0.6 is 12.4 Å². The van der Waals surface area contributed by atoms with Crippen molar-refractivity contribution < 1.29 is 4.79 Å². The highest BCUT2D eigenvalue weighted by atomic mass is 35.5. The molecule has 0 radical (unpaired) electrons. The molecular formula is C16H24ClNO. The Morgan fingerprint density at radius 3 is 2.16 bits per heavy atom. The molecule has 0 aromatic heterocycles. The molecule has 19 heavy (non-hydrogen) atoms. The summed E-state index contributed by atoms with van der Waals surface area (Å²) in [5.74, 6) is 0.103. The highest BCUT2D eigenvalue weighted by Crippen LogP contribution is 2.46. The second-order valence-corrected chi connectivity index (χ2v) is 5.71. The molecule has 0 aliphatic heterocycles. The average Bonchev–Trinajstić information content (AvgIpc) is 2.39. The van der Waals surface area contributed by atoms with Crippen molar-refractivity contribution >= 4 is 18.3 Å². The highest BCUT2D eigenvalue weighted by Gasteiger charge is 2.43. The summed E-state index contributed by atoms with van der Waals surface area (Å²) >= 11 is 0. The molecule has 3 heteroatoms. The fraction of sp³-hybridized carbons (Fsp3) is 0.562. The Kier molecular flexibility index (Phi) is 5.42. The van der Waals surface area contributed by atoms with Gasteiger partial charge in [0, 0.05) is 0 Å². The molecule has 0 heterocycles. The predicted octanol–water partition coefficient (Wildman–Crippen LogP) is 3.96. The van der Waals surface area contributed by atoms with Crippen LogP contribution in [0.2, 0.25) is 0 Å². The molecular weight excluding hydrogens is 258 g/mol. The van der Waals surface area contributed by atoms with Gasteiger partial charge in [-0.25, -0.2) is 0 Å². The second kappa shape index (κ2) is 6.42. The number of hydrogen-bond donors (Lipinski definition) is 1. The highest BCUT2D eigenvalue weighted by molar-refractivity contribution is 5.85. The van der Waals surface area contributed by atoms with Gasteiger partial charge in [-0.2, -0.15) is 0 Å². The van der Waals surface area contributed by atoms with Gasteiger partial charge in [-0.15, -0.1) is 12.4 Å². The SMILES string of the molecule is Cc1ccc([C@H](C)C2(C(N)=O)CCCCC2)cc1.Cl. The summed E-state index contributed by atoms with van der Waals surface area (Å²) in [4.78, 5) is 12.0. The van der Waals surface area contributed by atoms with Gasteiger partial charge in [0.2, 0.25) is 5.91 Å². The molecule has 1 aliphatic rings. The Morgan fingerprint density at radius 2 is 1.68 bits per heavy atom. The maximum atomic E-state index is 12.0. The van der Waals surface area contributed by atoms with Gasteiger partial charge in [0.1, 0.15) is 0 Å². The van der Waals surface area contributed by atoms with Gasteiger partial charge in [0.05, 0.1) is 5.41 Å². The molecule has 0 bridgehead atoms. The fourth-order valence-corrected chi connectivity index (χ4v) is 3.25. The number of amides is 1. The monoisotopic (exact) mass is 281 g/mol. The molecule has 1 amide bonds. The third kappa shape index (κ3) is 3.11. The van der Waals surface area contributed by atoms with Crippen molar-refractivity contribution in [3.63, 3.8) is 0 Å². The van der Waals surface area contributed by atoms with Crippen molar-refractivity contribution in [3.8, 4) is 0 Å². The van der Waals surface area contributed by atoms with Crippen LogP contribution in [0.3, 0.4) is 0 Å². The number of aryl methyl sites for hydroxylation is 1. The van der Waals surface area contributed by atoms with Crippen LogP contribution in [-0.4, -0.2) is 5.91 Å². The molecule has 0 saturated heterocycles. The predicted molar refractivity (Wildman–Crippen MR) is 81.6 cm³/mol. The summed E-state index contributed by atoms with van der Waals surface area (Å²) in [5, 5.41) is 0. The van der Waals surface area contributed by atoms with Crippen molar-refractivity contribution in [3.05, 3.63) is 35.4 Å². The lowest BCUT2D eigenvalue weighted by Crippen LogP contribution is -2.42. The van der Waals surface area contributed by atoms with E-state index < -0.39 is 0 Å².